The van der Waals surface area contributed by atoms with E-state index in [9.17, 15) is 0 Å². The highest BCUT2D eigenvalue weighted by molar-refractivity contribution is 6.88. The fourth-order valence-corrected chi connectivity index (χ4v) is 3.17. The van der Waals surface area contributed by atoms with Crippen molar-refractivity contribution in [3.63, 3.8) is 0 Å². The van der Waals surface area contributed by atoms with Gasteiger partial charge in [0.2, 0.25) is 0 Å². The first-order valence-electron chi connectivity index (χ1n) is 6.41. The summed E-state index contributed by atoms with van der Waals surface area (Å²) >= 11 is 0. The van der Waals surface area contributed by atoms with Gasteiger partial charge in [0.1, 0.15) is 0 Å². The van der Waals surface area contributed by atoms with Crippen LogP contribution in [0.5, 0.6) is 0 Å². The third-order valence-corrected chi connectivity index (χ3v) is 5.17. The van der Waals surface area contributed by atoms with Crippen LogP contribution in [-0.4, -0.2) is 13.1 Å². The van der Waals surface area contributed by atoms with E-state index in [4.69, 9.17) is 0 Å². The second-order valence-electron chi connectivity index (χ2n) is 6.06. The Morgan fingerprint density at radius 2 is 1.50 bits per heavy atom. The Morgan fingerprint density at radius 3 is 1.94 bits per heavy atom. The number of rotatable bonds is 2. The van der Waals surface area contributed by atoms with Gasteiger partial charge in [0, 0.05) is 11.8 Å². The minimum Gasteiger partial charge on any atom is -0.256 e. The van der Waals surface area contributed by atoms with Gasteiger partial charge in [-0.3, -0.25) is 4.98 Å². The largest absolute Gasteiger partial charge is 0.256 e. The molecule has 1 aromatic carbocycles. The molecule has 2 rings (SSSR count). The summed E-state index contributed by atoms with van der Waals surface area (Å²) in [6, 6.07) is 11.0. The summed E-state index contributed by atoms with van der Waals surface area (Å²) in [6.07, 6.45) is 2.05. The van der Waals surface area contributed by atoms with Gasteiger partial charge in [-0.2, -0.15) is 0 Å². The Kier molecular flexibility index (Phi) is 3.40. The molecule has 0 saturated heterocycles. The Morgan fingerprint density at radius 1 is 0.889 bits per heavy atom. The normalized spacial score (nSPS) is 11.6. The van der Waals surface area contributed by atoms with Crippen LogP contribution in [0.25, 0.3) is 11.3 Å². The highest BCUT2D eigenvalue weighted by Crippen LogP contribution is 2.19. The van der Waals surface area contributed by atoms with Crippen LogP contribution in [0, 0.1) is 13.8 Å². The van der Waals surface area contributed by atoms with Crippen molar-refractivity contribution in [1.29, 1.82) is 0 Å². The van der Waals surface area contributed by atoms with E-state index in [1.54, 1.807) is 0 Å². The van der Waals surface area contributed by atoms with Gasteiger partial charge in [0.05, 0.1) is 13.8 Å². The van der Waals surface area contributed by atoms with E-state index in [2.05, 4.69) is 75.0 Å². The fourth-order valence-electron chi connectivity index (χ4n) is 2.13. The molecule has 2 heteroatoms. The van der Waals surface area contributed by atoms with Crippen molar-refractivity contribution in [3.8, 4) is 11.3 Å². The highest BCUT2D eigenvalue weighted by atomic mass is 28.3. The molecule has 2 aromatic rings. The maximum atomic E-state index is 4.63. The van der Waals surface area contributed by atoms with Gasteiger partial charge in [-0.15, -0.1) is 0 Å². The third kappa shape index (κ3) is 2.88. The highest BCUT2D eigenvalue weighted by Gasteiger charge is 2.16. The van der Waals surface area contributed by atoms with Gasteiger partial charge in [0.15, 0.2) is 0 Å². The maximum absolute atomic E-state index is 4.63. The molecule has 0 aliphatic rings. The minimum absolute atomic E-state index is 1.07. The first kappa shape index (κ1) is 13.0. The van der Waals surface area contributed by atoms with Gasteiger partial charge in [-0.25, -0.2) is 0 Å². The van der Waals surface area contributed by atoms with Gasteiger partial charge in [-0.1, -0.05) is 42.9 Å². The molecule has 0 N–H and O–H groups in total. The van der Waals surface area contributed by atoms with Crippen molar-refractivity contribution in [1.82, 2.24) is 4.98 Å². The molecule has 1 nitrogen and oxygen atoms in total. The van der Waals surface area contributed by atoms with E-state index in [-0.39, 0.29) is 0 Å². The second kappa shape index (κ2) is 4.69. The summed E-state index contributed by atoms with van der Waals surface area (Å²) in [6.45, 7) is 11.3. The smallest absolute Gasteiger partial charge is 0.0796 e. The first-order valence-corrected chi connectivity index (χ1v) is 9.91. The summed E-state index contributed by atoms with van der Waals surface area (Å²) in [4.78, 5) is 4.63. The zero-order chi connectivity index (χ0) is 13.3. The zero-order valence-corrected chi connectivity index (χ0v) is 12.9. The van der Waals surface area contributed by atoms with Crippen molar-refractivity contribution in [2.24, 2.45) is 0 Å². The molecule has 0 aliphatic heterocycles. The molecule has 0 amide bonds. The topological polar surface area (TPSA) is 12.9 Å². The molecule has 0 unspecified atom stereocenters. The predicted molar refractivity (Wildman–Crippen MR) is 82.1 cm³/mol. The molecule has 94 valence electrons. The number of pyridine rings is 1. The van der Waals surface area contributed by atoms with E-state index in [1.807, 2.05) is 0 Å². The molecule has 18 heavy (non-hydrogen) atoms. The molecule has 1 aromatic heterocycles. The average molecular weight is 255 g/mol. The lowest BCUT2D eigenvalue weighted by Gasteiger charge is -2.16. The molecule has 1 heterocycles. The quantitative estimate of drug-likeness (QED) is 0.741. The lowest BCUT2D eigenvalue weighted by Crippen LogP contribution is -2.37. The molecular weight excluding hydrogens is 234 g/mol. The molecular formula is C16H21NSi. The molecule has 0 bridgehead atoms. The van der Waals surface area contributed by atoms with E-state index >= 15 is 0 Å². The van der Waals surface area contributed by atoms with Crippen LogP contribution in [-0.2, 0) is 0 Å². The minimum atomic E-state index is -1.24. The number of aryl methyl sites for hydroxylation is 2. The Hall–Kier alpha value is -1.41. The summed E-state index contributed by atoms with van der Waals surface area (Å²) < 4.78 is 0. The van der Waals surface area contributed by atoms with Crippen molar-refractivity contribution in [3.05, 3.63) is 47.7 Å². The number of hydrogen-bond acceptors (Lipinski definition) is 1. The van der Waals surface area contributed by atoms with Crippen LogP contribution in [0.15, 0.2) is 36.5 Å². The van der Waals surface area contributed by atoms with Gasteiger partial charge < -0.3 is 0 Å². The van der Waals surface area contributed by atoms with E-state index in [0.717, 1.165) is 5.69 Å². The van der Waals surface area contributed by atoms with E-state index in [1.165, 1.54) is 21.9 Å². The summed E-state index contributed by atoms with van der Waals surface area (Å²) in [5, 5.41) is 1.41. The molecule has 0 atom stereocenters. The molecule has 0 aliphatic carbocycles. The summed E-state index contributed by atoms with van der Waals surface area (Å²) in [7, 11) is -1.24. The molecule has 0 saturated carbocycles. The molecule has 0 fully saturated rings. The predicted octanol–water partition coefficient (Wildman–Crippen LogP) is 3.91. The van der Waals surface area contributed by atoms with E-state index in [0.29, 0.717) is 0 Å². The van der Waals surface area contributed by atoms with Crippen LogP contribution in [0.3, 0.4) is 0 Å². The zero-order valence-electron chi connectivity index (χ0n) is 11.9. The fraction of sp³-hybridized carbons (Fsp3) is 0.312. The lowest BCUT2D eigenvalue weighted by atomic mass is 10.0. The number of benzene rings is 1. The Balaban J connectivity index is 2.40. The van der Waals surface area contributed by atoms with E-state index < -0.39 is 8.07 Å². The average Bonchev–Trinajstić information content (AvgIpc) is 2.27. The van der Waals surface area contributed by atoms with Crippen LogP contribution in [0.1, 0.15) is 11.1 Å². The van der Waals surface area contributed by atoms with Crippen LogP contribution in [0.2, 0.25) is 19.6 Å². The standard InChI is InChI=1S/C16H21NSi/c1-12-8-13(2)10-14(9-12)16-7-6-15(11-17-16)18(3,4)5/h6-11H,1-5H3. The maximum Gasteiger partial charge on any atom is 0.0796 e. The summed E-state index contributed by atoms with van der Waals surface area (Å²) in [5.74, 6) is 0. The van der Waals surface area contributed by atoms with Gasteiger partial charge in [-0.05, 0) is 37.2 Å². The van der Waals surface area contributed by atoms with Crippen molar-refractivity contribution in [2.75, 3.05) is 0 Å². The molecule has 0 spiro atoms. The van der Waals surface area contributed by atoms with Crippen LogP contribution >= 0.6 is 0 Å². The number of hydrogen-bond donors (Lipinski definition) is 0. The van der Waals surface area contributed by atoms with Crippen molar-refractivity contribution >= 4 is 13.3 Å². The van der Waals surface area contributed by atoms with Crippen molar-refractivity contribution in [2.45, 2.75) is 33.5 Å². The Bertz CT molecular complexity index is 530. The third-order valence-electron chi connectivity index (χ3n) is 3.15. The Labute approximate surface area is 111 Å². The van der Waals surface area contributed by atoms with Gasteiger partial charge >= 0.3 is 0 Å². The van der Waals surface area contributed by atoms with Crippen molar-refractivity contribution < 1.29 is 0 Å². The SMILES string of the molecule is Cc1cc(C)cc(-c2ccc([Si](C)(C)C)cn2)c1. The molecule has 0 radical (unpaired) electrons. The number of nitrogens with zero attached hydrogens (tertiary/aromatic N) is 1. The number of aromatic nitrogens is 1. The first-order chi connectivity index (χ1) is 8.36. The second-order valence-corrected chi connectivity index (χ2v) is 11.1. The van der Waals surface area contributed by atoms with Crippen LogP contribution in [0.4, 0.5) is 0 Å². The monoisotopic (exact) mass is 255 g/mol. The van der Waals surface area contributed by atoms with Crippen LogP contribution < -0.4 is 5.19 Å². The summed E-state index contributed by atoms with van der Waals surface area (Å²) in [5.41, 5.74) is 4.88. The lowest BCUT2D eigenvalue weighted by molar-refractivity contribution is 1.31. The van der Waals surface area contributed by atoms with Gasteiger partial charge in [0.25, 0.3) is 0 Å².